The molecular weight excluding hydrogens is 1210 g/mol. The molecule has 0 saturated carbocycles. The lowest BCUT2D eigenvalue weighted by molar-refractivity contribution is -0.870. The molecule has 10 heteroatoms. The molecule has 0 aliphatic heterocycles. The Morgan fingerprint density at radius 2 is 0.594 bits per heavy atom. The van der Waals surface area contributed by atoms with E-state index >= 15 is 0 Å². The highest BCUT2D eigenvalue weighted by Gasteiger charge is 2.27. The molecule has 2 atom stereocenters. The monoisotopic (exact) mass is 1370 g/mol. The van der Waals surface area contributed by atoms with Crippen molar-refractivity contribution in [3.05, 3.63) is 72.9 Å². The molecular formula is C86H161NO8P+. The van der Waals surface area contributed by atoms with E-state index in [0.717, 1.165) is 64.2 Å². The highest BCUT2D eigenvalue weighted by molar-refractivity contribution is 7.47. The smallest absolute Gasteiger partial charge is 0.462 e. The van der Waals surface area contributed by atoms with E-state index < -0.39 is 26.5 Å². The van der Waals surface area contributed by atoms with Gasteiger partial charge in [-0.2, -0.15) is 0 Å². The van der Waals surface area contributed by atoms with Crippen LogP contribution in [0.15, 0.2) is 72.9 Å². The lowest BCUT2D eigenvalue weighted by atomic mass is 10.0. The lowest BCUT2D eigenvalue weighted by Crippen LogP contribution is -2.37. The van der Waals surface area contributed by atoms with E-state index in [1.165, 1.54) is 315 Å². The lowest BCUT2D eigenvalue weighted by Gasteiger charge is -2.24. The van der Waals surface area contributed by atoms with Crippen molar-refractivity contribution in [3.63, 3.8) is 0 Å². The minimum absolute atomic E-state index is 0.0333. The SMILES string of the molecule is CC/C=C\C/C=C\C/C=C\C/C=C\C/C=C\CCCCCCCCCCCCCCCCCCCCCC(=O)OC(COC(=O)CCCCCCCCCCCCCCCCCCCCCCCCCCC/C=C\CCCCCCCCCC)COP(=O)(O)OCC[N+](C)(C)C. The zero-order chi connectivity index (χ0) is 69.7. The molecule has 0 aliphatic carbocycles. The van der Waals surface area contributed by atoms with Gasteiger partial charge in [0.2, 0.25) is 0 Å². The number of esters is 2. The van der Waals surface area contributed by atoms with Crippen molar-refractivity contribution >= 4 is 19.8 Å². The van der Waals surface area contributed by atoms with Crippen LogP contribution in [0.4, 0.5) is 0 Å². The quantitative estimate of drug-likeness (QED) is 0.0211. The zero-order valence-corrected chi connectivity index (χ0v) is 65.3. The van der Waals surface area contributed by atoms with E-state index in [1.54, 1.807) is 0 Å². The molecule has 0 aromatic carbocycles. The van der Waals surface area contributed by atoms with Gasteiger partial charge in [0.05, 0.1) is 27.7 Å². The van der Waals surface area contributed by atoms with Crippen LogP contribution in [-0.2, 0) is 32.7 Å². The second-order valence-electron chi connectivity index (χ2n) is 29.5. The van der Waals surface area contributed by atoms with Gasteiger partial charge >= 0.3 is 19.8 Å². The normalized spacial score (nSPS) is 13.4. The van der Waals surface area contributed by atoms with Crippen molar-refractivity contribution in [3.8, 4) is 0 Å². The van der Waals surface area contributed by atoms with E-state index in [0.29, 0.717) is 23.9 Å². The summed E-state index contributed by atoms with van der Waals surface area (Å²) in [5.74, 6) is -0.775. The number of carbonyl (C=O) groups excluding carboxylic acids is 2. The topological polar surface area (TPSA) is 108 Å². The number of unbranched alkanes of at least 4 members (excludes halogenated alkanes) is 52. The van der Waals surface area contributed by atoms with E-state index in [9.17, 15) is 19.0 Å². The summed E-state index contributed by atoms with van der Waals surface area (Å²) in [5.41, 5.74) is 0. The molecule has 96 heavy (non-hydrogen) atoms. The van der Waals surface area contributed by atoms with Crippen molar-refractivity contribution in [2.45, 2.75) is 418 Å². The third kappa shape index (κ3) is 80.4. The first-order chi connectivity index (χ1) is 47.0. The molecule has 0 aliphatic rings. The summed E-state index contributed by atoms with van der Waals surface area (Å²) in [5, 5.41) is 0. The Hall–Kier alpha value is -2.55. The minimum atomic E-state index is -4.40. The summed E-state index contributed by atoms with van der Waals surface area (Å²) in [4.78, 5) is 36.0. The Morgan fingerprint density at radius 1 is 0.333 bits per heavy atom. The Morgan fingerprint density at radius 3 is 0.896 bits per heavy atom. The molecule has 0 amide bonds. The summed E-state index contributed by atoms with van der Waals surface area (Å²) in [6.07, 6.45) is 105. The van der Waals surface area contributed by atoms with Gasteiger partial charge in [-0.1, -0.05) is 389 Å². The van der Waals surface area contributed by atoms with E-state index in [2.05, 4.69) is 86.8 Å². The van der Waals surface area contributed by atoms with Crippen LogP contribution < -0.4 is 0 Å². The van der Waals surface area contributed by atoms with Gasteiger partial charge < -0.3 is 18.9 Å². The van der Waals surface area contributed by atoms with Gasteiger partial charge in [0.15, 0.2) is 6.10 Å². The van der Waals surface area contributed by atoms with Crippen LogP contribution in [-0.4, -0.2) is 74.9 Å². The van der Waals surface area contributed by atoms with Crippen molar-refractivity contribution in [1.29, 1.82) is 0 Å². The Labute approximate surface area is 597 Å². The largest absolute Gasteiger partial charge is 0.472 e. The van der Waals surface area contributed by atoms with Crippen LogP contribution in [0.1, 0.15) is 412 Å². The second kappa shape index (κ2) is 76.6. The van der Waals surface area contributed by atoms with Crippen LogP contribution in [0, 0.1) is 0 Å². The number of likely N-dealkylation sites (N-methyl/N-ethyl adjacent to an activating group) is 1. The second-order valence-corrected chi connectivity index (χ2v) is 30.9. The first kappa shape index (κ1) is 93.5. The predicted octanol–water partition coefficient (Wildman–Crippen LogP) is 27.8. The van der Waals surface area contributed by atoms with Gasteiger partial charge in [-0.05, 0) is 83.5 Å². The fraction of sp³-hybridized carbons (Fsp3) is 0.837. The number of hydrogen-bond acceptors (Lipinski definition) is 7. The third-order valence-corrected chi connectivity index (χ3v) is 19.7. The van der Waals surface area contributed by atoms with E-state index in [-0.39, 0.29) is 25.6 Å². The number of carbonyl (C=O) groups is 2. The summed E-state index contributed by atoms with van der Waals surface area (Å²) in [6.45, 7) is 4.39. The fourth-order valence-electron chi connectivity index (χ4n) is 12.4. The fourth-order valence-corrected chi connectivity index (χ4v) is 13.1. The number of rotatable bonds is 78. The van der Waals surface area contributed by atoms with Crippen LogP contribution in [0.2, 0.25) is 0 Å². The molecule has 0 aromatic heterocycles. The number of nitrogens with zero attached hydrogens (tertiary/aromatic N) is 1. The molecule has 0 saturated heterocycles. The van der Waals surface area contributed by atoms with Crippen LogP contribution in [0.25, 0.3) is 0 Å². The summed E-state index contributed by atoms with van der Waals surface area (Å²) < 4.78 is 34.9. The molecule has 1 N–H and O–H groups in total. The number of allylic oxidation sites excluding steroid dienone is 12. The Bertz CT molecular complexity index is 1850. The maximum atomic E-state index is 12.9. The molecule has 0 heterocycles. The van der Waals surface area contributed by atoms with Gasteiger partial charge in [0.1, 0.15) is 19.8 Å². The van der Waals surface area contributed by atoms with Gasteiger partial charge in [0.25, 0.3) is 0 Å². The number of phosphoric acid groups is 1. The van der Waals surface area contributed by atoms with Crippen LogP contribution >= 0.6 is 7.82 Å². The van der Waals surface area contributed by atoms with Crippen molar-refractivity contribution in [2.75, 3.05) is 47.5 Å². The summed E-state index contributed by atoms with van der Waals surface area (Å²) in [7, 11) is 1.50. The van der Waals surface area contributed by atoms with Crippen LogP contribution in [0.3, 0.4) is 0 Å². The van der Waals surface area contributed by atoms with E-state index in [4.69, 9.17) is 18.5 Å². The first-order valence-electron chi connectivity index (χ1n) is 41.7. The molecule has 0 fully saturated rings. The summed E-state index contributed by atoms with van der Waals surface area (Å²) in [6, 6.07) is 0. The average molecular weight is 1370 g/mol. The number of quaternary nitrogens is 1. The number of ether oxygens (including phenoxy) is 2. The molecule has 0 spiro atoms. The van der Waals surface area contributed by atoms with Crippen molar-refractivity contribution in [2.24, 2.45) is 0 Å². The van der Waals surface area contributed by atoms with Gasteiger partial charge in [-0.25, -0.2) is 4.57 Å². The average Bonchev–Trinajstić information content (AvgIpc) is 2.74. The summed E-state index contributed by atoms with van der Waals surface area (Å²) >= 11 is 0. The maximum Gasteiger partial charge on any atom is 0.472 e. The highest BCUT2D eigenvalue weighted by atomic mass is 31.2. The molecule has 9 nitrogen and oxygen atoms in total. The van der Waals surface area contributed by atoms with E-state index in [1.807, 2.05) is 21.1 Å². The zero-order valence-electron chi connectivity index (χ0n) is 64.4. The molecule has 562 valence electrons. The molecule has 0 rings (SSSR count). The van der Waals surface area contributed by atoms with Gasteiger partial charge in [-0.3, -0.25) is 18.6 Å². The molecule has 2 unspecified atom stereocenters. The minimum Gasteiger partial charge on any atom is -0.462 e. The van der Waals surface area contributed by atoms with Crippen LogP contribution in [0.5, 0.6) is 0 Å². The Balaban J connectivity index is 3.90. The number of hydrogen-bond donors (Lipinski definition) is 1. The van der Waals surface area contributed by atoms with Gasteiger partial charge in [-0.15, -0.1) is 0 Å². The van der Waals surface area contributed by atoms with Crippen molar-refractivity contribution < 1.29 is 42.1 Å². The molecule has 0 radical (unpaired) electrons. The van der Waals surface area contributed by atoms with Crippen molar-refractivity contribution in [1.82, 2.24) is 0 Å². The first-order valence-corrected chi connectivity index (χ1v) is 43.2. The number of phosphoric ester groups is 1. The third-order valence-electron chi connectivity index (χ3n) is 18.7. The molecule has 0 aromatic rings. The highest BCUT2D eigenvalue weighted by Crippen LogP contribution is 2.43. The Kier molecular flexibility index (Phi) is 74.6. The maximum absolute atomic E-state index is 12.9. The molecule has 0 bridgehead atoms. The standard InChI is InChI=1S/C86H160NO8P/c1-6-8-10-12-14-16-18-20-22-24-26-28-30-32-34-36-38-40-42-43-45-46-48-50-52-54-56-58-60-62-64-66-68-70-72-74-76-78-85(88)92-82-84(83-94-96(90,91)93-81-80-87(3,4)5)95-86(89)79-77-75-73-71-69-67-65-63-61-59-57-55-53-51-49-47-44-41-39-37-35-33-31-29-27-25-23-21-19-17-15-13-11-9-7-2/h9,11,15,17,21,23-24,26-27,29,33,35,84H,6-8,10,12-14,16,18-20,22,25,28,30-32,34,36-83H2,1-5H3/p+1/b11-9-,17-15-,23-21-,26-24-,29-27-,35-33-. The predicted molar refractivity (Wildman–Crippen MR) is 418 cm³/mol. The van der Waals surface area contributed by atoms with Gasteiger partial charge in [0, 0.05) is 12.8 Å².